The van der Waals surface area contributed by atoms with E-state index in [9.17, 15) is 0 Å². The third-order valence-electron chi connectivity index (χ3n) is 14.7. The van der Waals surface area contributed by atoms with E-state index < -0.39 is 37.5 Å². The summed E-state index contributed by atoms with van der Waals surface area (Å²) in [4.78, 5) is 0. The highest BCUT2D eigenvalue weighted by molar-refractivity contribution is 7.33. The van der Waals surface area contributed by atoms with E-state index in [4.69, 9.17) is 18.5 Å². The molecule has 0 aliphatic carbocycles. The second-order valence-electron chi connectivity index (χ2n) is 29.6. The fourth-order valence-electron chi connectivity index (χ4n) is 9.75. The van der Waals surface area contributed by atoms with Gasteiger partial charge in [0.25, 0.3) is 0 Å². The summed E-state index contributed by atoms with van der Waals surface area (Å²) < 4.78 is 46.8. The van der Waals surface area contributed by atoms with Gasteiger partial charge in [0.2, 0.25) is 11.2 Å². The standard InChI is InChI=1S/C63H92O5P/c1-53(2,3)39-27-40(54(4,5)6)32-47(31-39)62(48-33-41(55(7,8)9)28-42(34-48)56(10,11)12)51-52(66-61(25,26)65-51)63(68-69(64)67-62,49-35-43(57(13,14)15)29-44(36-49)58(16,17)18)50-37-45(59(19,20)21)30-46(38-50)60(22,23)24/h27-38,51-52H,1-26H3/q+1/t51-,52-/m1/s1. The molecule has 2 atom stereocenters. The van der Waals surface area contributed by atoms with Crippen molar-refractivity contribution in [1.29, 1.82) is 0 Å². The Kier molecular flexibility index (Phi) is 13.8. The van der Waals surface area contributed by atoms with Crippen LogP contribution in [0.2, 0.25) is 0 Å². The molecule has 2 fully saturated rings. The SMILES string of the molecule is CC1(C)O[C@@H]2[C@@H](O1)C(c1cc(C(C)(C)C)cc(C(C)(C)C)c1)(c1cc(C(C)(C)C)cc(C(C)(C)C)c1)O[P+](=O)OC2(c1cc(C(C)(C)C)cc(C(C)(C)C)c1)c1cc(C(C)(C)C)cc(C(C)(C)C)c1. The zero-order chi connectivity index (χ0) is 52.5. The smallest absolute Gasteiger partial charge is 0.340 e. The molecular formula is C63H92O5P+. The van der Waals surface area contributed by atoms with Gasteiger partial charge in [-0.05, 0) is 124 Å². The highest BCUT2D eigenvalue weighted by atomic mass is 31.1. The van der Waals surface area contributed by atoms with Crippen molar-refractivity contribution in [2.45, 2.75) is 253 Å². The quantitative estimate of drug-likeness (QED) is 0.191. The highest BCUT2D eigenvalue weighted by Crippen LogP contribution is 2.63. The molecule has 0 radical (unpaired) electrons. The Hall–Kier alpha value is -3.18. The van der Waals surface area contributed by atoms with Crippen molar-refractivity contribution < 1.29 is 23.1 Å². The molecule has 2 aliphatic heterocycles. The van der Waals surface area contributed by atoms with Crippen LogP contribution in [-0.4, -0.2) is 18.0 Å². The van der Waals surface area contributed by atoms with E-state index in [2.05, 4.69) is 239 Å². The van der Waals surface area contributed by atoms with Gasteiger partial charge >= 0.3 is 8.25 Å². The molecule has 0 amide bonds. The first-order valence-electron chi connectivity index (χ1n) is 25.7. The second kappa shape index (κ2) is 17.2. The summed E-state index contributed by atoms with van der Waals surface area (Å²) >= 11 is 0. The maximum absolute atomic E-state index is 16.2. The van der Waals surface area contributed by atoms with Gasteiger partial charge in [0, 0.05) is 4.57 Å². The Morgan fingerprint density at radius 1 is 0.319 bits per heavy atom. The number of benzene rings is 4. The molecule has 2 aliphatic rings. The highest BCUT2D eigenvalue weighted by Gasteiger charge is 2.72. The fourth-order valence-corrected chi connectivity index (χ4v) is 10.9. The van der Waals surface area contributed by atoms with E-state index in [-0.39, 0.29) is 43.3 Å². The monoisotopic (exact) mass is 960 g/mol. The molecule has 5 nitrogen and oxygen atoms in total. The van der Waals surface area contributed by atoms with Crippen molar-refractivity contribution in [3.05, 3.63) is 140 Å². The van der Waals surface area contributed by atoms with Crippen LogP contribution in [0.3, 0.4) is 0 Å². The second-order valence-corrected chi connectivity index (χ2v) is 30.4. The van der Waals surface area contributed by atoms with Crippen molar-refractivity contribution in [1.82, 2.24) is 0 Å². The van der Waals surface area contributed by atoms with E-state index in [1.165, 1.54) is 0 Å². The average Bonchev–Trinajstić information content (AvgIpc) is 3.46. The van der Waals surface area contributed by atoms with Crippen molar-refractivity contribution in [3.63, 3.8) is 0 Å². The summed E-state index contributed by atoms with van der Waals surface area (Å²) in [6, 6.07) is 27.6. The van der Waals surface area contributed by atoms with Crippen LogP contribution in [0.25, 0.3) is 0 Å². The first-order valence-corrected chi connectivity index (χ1v) is 26.8. The van der Waals surface area contributed by atoms with Crippen molar-refractivity contribution >= 4 is 8.25 Å². The summed E-state index contributed by atoms with van der Waals surface area (Å²) in [6.07, 6.45) is -1.79. The Balaban J connectivity index is 1.95. The molecule has 6 rings (SSSR count). The number of hydrogen-bond acceptors (Lipinski definition) is 5. The van der Waals surface area contributed by atoms with Crippen molar-refractivity contribution in [2.75, 3.05) is 0 Å². The van der Waals surface area contributed by atoms with Crippen molar-refractivity contribution in [2.24, 2.45) is 0 Å². The predicted molar refractivity (Wildman–Crippen MR) is 291 cm³/mol. The van der Waals surface area contributed by atoms with Crippen LogP contribution in [0.15, 0.2) is 72.8 Å². The van der Waals surface area contributed by atoms with Crippen LogP contribution in [0, 0.1) is 0 Å². The molecule has 2 heterocycles. The Morgan fingerprint density at radius 3 is 0.623 bits per heavy atom. The minimum atomic E-state index is -2.96. The first kappa shape index (κ1) is 55.1. The van der Waals surface area contributed by atoms with Gasteiger partial charge in [-0.1, -0.05) is 248 Å². The molecule has 4 aromatic carbocycles. The molecule has 4 aromatic rings. The Morgan fingerprint density at radius 2 is 0.478 bits per heavy atom. The summed E-state index contributed by atoms with van der Waals surface area (Å²) in [6.45, 7) is 58.3. The largest absolute Gasteiger partial charge is 0.700 e. The topological polar surface area (TPSA) is 54.0 Å². The zero-order valence-electron chi connectivity index (χ0n) is 48.1. The van der Waals surface area contributed by atoms with Gasteiger partial charge in [-0.2, -0.15) is 0 Å². The summed E-state index contributed by atoms with van der Waals surface area (Å²) in [7, 11) is -2.96. The maximum Gasteiger partial charge on any atom is 0.700 e. The molecule has 0 saturated carbocycles. The number of ether oxygens (including phenoxy) is 2. The van der Waals surface area contributed by atoms with Gasteiger partial charge in [-0.25, -0.2) is 0 Å². The van der Waals surface area contributed by atoms with Crippen molar-refractivity contribution in [3.8, 4) is 0 Å². The van der Waals surface area contributed by atoms with Gasteiger partial charge in [0.1, 0.15) is 12.2 Å². The van der Waals surface area contributed by atoms with E-state index in [0.717, 1.165) is 66.8 Å². The van der Waals surface area contributed by atoms with Gasteiger partial charge in [-0.3, -0.25) is 0 Å². The van der Waals surface area contributed by atoms with Gasteiger partial charge < -0.3 is 9.47 Å². The predicted octanol–water partition coefficient (Wildman–Crippen LogP) is 17.5. The number of fused-ring (bicyclic) bond motifs is 1. The molecule has 69 heavy (non-hydrogen) atoms. The van der Waals surface area contributed by atoms with Gasteiger partial charge in [0.05, 0.1) is 0 Å². The number of rotatable bonds is 4. The maximum atomic E-state index is 16.2. The third-order valence-corrected chi connectivity index (χ3v) is 15.6. The van der Waals surface area contributed by atoms with Gasteiger partial charge in [-0.15, -0.1) is 0 Å². The third kappa shape index (κ3) is 11.0. The summed E-state index contributed by atoms with van der Waals surface area (Å²) in [5.74, 6) is -1.13. The van der Waals surface area contributed by atoms with Crippen LogP contribution >= 0.6 is 8.25 Å². The first-order chi connectivity index (χ1) is 30.8. The lowest BCUT2D eigenvalue weighted by Gasteiger charge is -2.41. The summed E-state index contributed by atoms with van der Waals surface area (Å²) in [5.41, 5.74) is 7.69. The molecule has 0 spiro atoms. The lowest BCUT2D eigenvalue weighted by atomic mass is 9.67. The average molecular weight is 960 g/mol. The molecule has 0 bridgehead atoms. The minimum Gasteiger partial charge on any atom is -0.340 e. The lowest BCUT2D eigenvalue weighted by Crippen LogP contribution is -2.54. The van der Waals surface area contributed by atoms with Crippen LogP contribution in [0.4, 0.5) is 0 Å². The molecule has 378 valence electrons. The van der Waals surface area contributed by atoms with Gasteiger partial charge in [0.15, 0.2) is 5.79 Å². The van der Waals surface area contributed by atoms with E-state index in [1.807, 2.05) is 13.8 Å². The Labute approximate surface area is 421 Å². The molecule has 0 aromatic heterocycles. The van der Waals surface area contributed by atoms with E-state index in [1.54, 1.807) is 0 Å². The molecule has 0 unspecified atom stereocenters. The van der Waals surface area contributed by atoms with Crippen LogP contribution in [0.1, 0.15) is 247 Å². The van der Waals surface area contributed by atoms with E-state index >= 15 is 4.57 Å². The minimum absolute atomic E-state index is 0.243. The lowest BCUT2D eigenvalue weighted by molar-refractivity contribution is -0.174. The normalized spacial score (nSPS) is 20.5. The van der Waals surface area contributed by atoms with Crippen LogP contribution in [-0.2, 0) is 77.6 Å². The molecular weight excluding hydrogens is 868 g/mol. The van der Waals surface area contributed by atoms with Crippen LogP contribution in [0.5, 0.6) is 0 Å². The molecule has 2 saturated heterocycles. The van der Waals surface area contributed by atoms with Crippen LogP contribution < -0.4 is 0 Å². The molecule has 6 heteroatoms. The zero-order valence-corrected chi connectivity index (χ0v) is 49.0. The molecule has 0 N–H and O–H groups in total. The Bertz CT molecular complexity index is 2130. The number of hydrogen-bond donors (Lipinski definition) is 0. The summed E-state index contributed by atoms with van der Waals surface area (Å²) in [5, 5.41) is 0. The fraction of sp³-hybridized carbons (Fsp3) is 0.619. The van der Waals surface area contributed by atoms with E-state index in [0.29, 0.717) is 0 Å².